The molecular weight excluding hydrogens is 358 g/mol. The Kier molecular flexibility index (Phi) is 3.78. The van der Waals surface area contributed by atoms with Crippen molar-refractivity contribution in [1.29, 1.82) is 0 Å². The number of para-hydroxylation sites is 2. The lowest BCUT2D eigenvalue weighted by Gasteiger charge is -2.09. The third kappa shape index (κ3) is 2.86. The molecule has 140 valence electrons. The van der Waals surface area contributed by atoms with Crippen LogP contribution in [-0.4, -0.2) is 41.7 Å². The summed E-state index contributed by atoms with van der Waals surface area (Å²) in [6.07, 6.45) is 3.32. The molecule has 0 unspecified atom stereocenters. The second-order valence-electron chi connectivity index (χ2n) is 6.76. The molecule has 1 fully saturated rings. The van der Waals surface area contributed by atoms with Crippen molar-refractivity contribution in [3.8, 4) is 17.3 Å². The molecule has 0 radical (unpaired) electrons. The molecule has 0 spiro atoms. The average molecular weight is 375 g/mol. The van der Waals surface area contributed by atoms with E-state index in [1.165, 1.54) is 0 Å². The van der Waals surface area contributed by atoms with E-state index in [0.717, 1.165) is 17.5 Å². The van der Waals surface area contributed by atoms with Gasteiger partial charge < -0.3 is 15.3 Å². The molecule has 1 atom stereocenters. The largest absolute Gasteiger partial charge is 0.353 e. The van der Waals surface area contributed by atoms with Gasteiger partial charge in [0.15, 0.2) is 5.82 Å². The molecule has 28 heavy (non-hydrogen) atoms. The first-order chi connectivity index (χ1) is 13.7. The van der Waals surface area contributed by atoms with E-state index < -0.39 is 0 Å². The van der Waals surface area contributed by atoms with E-state index in [4.69, 9.17) is 0 Å². The number of hydrogen-bond acceptors (Lipinski definition) is 5. The highest BCUT2D eigenvalue weighted by atomic mass is 16.2. The van der Waals surface area contributed by atoms with Gasteiger partial charge in [-0.15, -0.1) is 5.10 Å². The Bertz CT molecular complexity index is 1200. The number of H-pyrrole nitrogens is 2. The number of carbonyl (C=O) groups is 1. The number of benzene rings is 1. The summed E-state index contributed by atoms with van der Waals surface area (Å²) < 4.78 is 1.62. The fraction of sp³-hybridized carbons (Fsp3) is 0.211. The molecular formula is C19H17N7O2. The van der Waals surface area contributed by atoms with Gasteiger partial charge >= 0.3 is 0 Å². The maximum atomic E-state index is 12.2. The number of fused-ring (bicyclic) bond motifs is 1. The van der Waals surface area contributed by atoms with E-state index in [1.807, 2.05) is 24.3 Å². The maximum Gasteiger partial charge on any atom is 0.259 e. The molecule has 4 heterocycles. The summed E-state index contributed by atoms with van der Waals surface area (Å²) in [5, 5.41) is 7.50. The summed E-state index contributed by atoms with van der Waals surface area (Å²) in [5.41, 5.74) is 1.82. The number of hydrogen-bond donors (Lipinski definition) is 3. The highest BCUT2D eigenvalue weighted by Crippen LogP contribution is 2.20. The number of nitrogens with zero attached hydrogens (tertiary/aromatic N) is 4. The van der Waals surface area contributed by atoms with E-state index in [0.29, 0.717) is 36.0 Å². The lowest BCUT2D eigenvalue weighted by atomic mass is 10.1. The quantitative estimate of drug-likeness (QED) is 0.497. The number of imidazole rings is 1. The molecule has 5 rings (SSSR count). The van der Waals surface area contributed by atoms with Crippen molar-refractivity contribution < 1.29 is 4.79 Å². The zero-order chi connectivity index (χ0) is 19.1. The summed E-state index contributed by atoms with van der Waals surface area (Å²) >= 11 is 0. The molecule has 0 bridgehead atoms. The van der Waals surface area contributed by atoms with Crippen molar-refractivity contribution in [3.63, 3.8) is 0 Å². The van der Waals surface area contributed by atoms with Crippen LogP contribution in [0.2, 0.25) is 0 Å². The van der Waals surface area contributed by atoms with E-state index in [9.17, 15) is 9.59 Å². The van der Waals surface area contributed by atoms with Crippen molar-refractivity contribution in [2.75, 3.05) is 0 Å². The molecule has 1 aliphatic heterocycles. The second-order valence-corrected chi connectivity index (χ2v) is 6.76. The van der Waals surface area contributed by atoms with Crippen molar-refractivity contribution in [3.05, 3.63) is 58.8 Å². The van der Waals surface area contributed by atoms with E-state index in [-0.39, 0.29) is 17.5 Å². The normalized spacial score (nSPS) is 16.6. The van der Waals surface area contributed by atoms with Crippen LogP contribution < -0.4 is 10.9 Å². The molecule has 1 amide bonds. The van der Waals surface area contributed by atoms with E-state index in [1.54, 1.807) is 23.0 Å². The van der Waals surface area contributed by atoms with Crippen LogP contribution in [0, 0.1) is 0 Å². The van der Waals surface area contributed by atoms with Crippen LogP contribution in [0.15, 0.2) is 47.4 Å². The molecule has 3 aromatic heterocycles. The first-order valence-corrected chi connectivity index (χ1v) is 9.06. The summed E-state index contributed by atoms with van der Waals surface area (Å²) in [5.74, 6) is 1.51. The van der Waals surface area contributed by atoms with Gasteiger partial charge in [0, 0.05) is 25.1 Å². The molecule has 1 saturated heterocycles. The van der Waals surface area contributed by atoms with Gasteiger partial charge in [-0.1, -0.05) is 12.1 Å². The van der Waals surface area contributed by atoms with Crippen LogP contribution >= 0.6 is 0 Å². The zero-order valence-corrected chi connectivity index (χ0v) is 14.8. The number of aromatic amines is 2. The summed E-state index contributed by atoms with van der Waals surface area (Å²) in [6, 6.07) is 11.1. The Balaban J connectivity index is 1.62. The molecule has 9 nitrogen and oxygen atoms in total. The second kappa shape index (κ2) is 6.45. The predicted octanol–water partition coefficient (Wildman–Crippen LogP) is 1.32. The van der Waals surface area contributed by atoms with Crippen LogP contribution in [0.25, 0.3) is 28.4 Å². The van der Waals surface area contributed by atoms with Gasteiger partial charge in [0.1, 0.15) is 5.82 Å². The van der Waals surface area contributed by atoms with Crippen LogP contribution in [0.4, 0.5) is 0 Å². The lowest BCUT2D eigenvalue weighted by Crippen LogP contribution is -2.28. The smallest absolute Gasteiger partial charge is 0.259 e. The number of amides is 1. The van der Waals surface area contributed by atoms with Gasteiger partial charge in [-0.2, -0.15) is 4.68 Å². The zero-order valence-electron chi connectivity index (χ0n) is 14.8. The maximum absolute atomic E-state index is 12.2. The van der Waals surface area contributed by atoms with Gasteiger partial charge in [-0.25, -0.2) is 9.97 Å². The highest BCUT2D eigenvalue weighted by Gasteiger charge is 2.25. The number of pyridine rings is 1. The van der Waals surface area contributed by atoms with Crippen LogP contribution in [0.5, 0.6) is 0 Å². The highest BCUT2D eigenvalue weighted by molar-refractivity contribution is 5.78. The first kappa shape index (κ1) is 16.4. The van der Waals surface area contributed by atoms with Crippen molar-refractivity contribution in [2.24, 2.45) is 0 Å². The minimum Gasteiger partial charge on any atom is -0.353 e. The molecule has 1 aliphatic rings. The Morgan fingerprint density at radius 2 is 2.00 bits per heavy atom. The molecule has 9 heteroatoms. The third-order valence-corrected chi connectivity index (χ3v) is 4.82. The number of carbonyl (C=O) groups excluding carboxylic acids is 1. The molecule has 0 aliphatic carbocycles. The van der Waals surface area contributed by atoms with Crippen LogP contribution in [0.3, 0.4) is 0 Å². The third-order valence-electron chi connectivity index (χ3n) is 4.82. The standard InChI is InChI=1S/C19H17N7O2/c27-16-8-7-11(21-16)10-15-24-17(12-4-3-9-20-18(12)28)25-26(15)19-22-13-5-1-2-6-14(13)23-19/h1-6,9,11H,7-8,10H2,(H,20,28)(H,21,27)(H,22,23)/t11-/m1/s1. The van der Waals surface area contributed by atoms with Crippen molar-refractivity contribution in [2.45, 2.75) is 25.3 Å². The number of aromatic nitrogens is 6. The Morgan fingerprint density at radius 3 is 2.79 bits per heavy atom. The summed E-state index contributed by atoms with van der Waals surface area (Å²) in [7, 11) is 0. The lowest BCUT2D eigenvalue weighted by molar-refractivity contribution is -0.119. The molecule has 4 aromatic rings. The SMILES string of the molecule is O=C1CC[C@H](Cc2nc(-c3ccc[nH]c3=O)nn2-c2nc3ccccc3[nH]2)N1. The van der Waals surface area contributed by atoms with Crippen molar-refractivity contribution >= 4 is 16.9 Å². The van der Waals surface area contributed by atoms with Gasteiger partial charge in [0.05, 0.1) is 16.6 Å². The van der Waals surface area contributed by atoms with Crippen molar-refractivity contribution in [1.82, 2.24) is 35.0 Å². The fourth-order valence-corrected chi connectivity index (χ4v) is 3.45. The molecule has 3 N–H and O–H groups in total. The van der Waals surface area contributed by atoms with E-state index in [2.05, 4.69) is 30.4 Å². The van der Waals surface area contributed by atoms with E-state index >= 15 is 0 Å². The Labute approximate surface area is 158 Å². The minimum absolute atomic E-state index is 0.0123. The van der Waals surface area contributed by atoms with Gasteiger partial charge in [0.2, 0.25) is 11.9 Å². The first-order valence-electron chi connectivity index (χ1n) is 9.06. The van der Waals surface area contributed by atoms with Crippen LogP contribution in [0.1, 0.15) is 18.7 Å². The number of rotatable bonds is 4. The minimum atomic E-state index is -0.259. The average Bonchev–Trinajstić information content (AvgIpc) is 3.40. The molecule has 1 aromatic carbocycles. The topological polar surface area (TPSA) is 121 Å². The van der Waals surface area contributed by atoms with Gasteiger partial charge in [-0.3, -0.25) is 9.59 Å². The van der Waals surface area contributed by atoms with Gasteiger partial charge in [-0.05, 0) is 30.7 Å². The predicted molar refractivity (Wildman–Crippen MR) is 102 cm³/mol. The fourth-order valence-electron chi connectivity index (χ4n) is 3.45. The summed E-state index contributed by atoms with van der Waals surface area (Å²) in [4.78, 5) is 38.8. The summed E-state index contributed by atoms with van der Waals surface area (Å²) in [6.45, 7) is 0. The molecule has 0 saturated carbocycles. The monoisotopic (exact) mass is 375 g/mol. The Hall–Kier alpha value is -3.75. The van der Waals surface area contributed by atoms with Gasteiger partial charge in [0.25, 0.3) is 5.56 Å². The number of nitrogens with one attached hydrogen (secondary N) is 3. The Morgan fingerprint density at radius 1 is 1.11 bits per heavy atom. The van der Waals surface area contributed by atoms with Crippen LogP contribution in [-0.2, 0) is 11.2 Å².